The predicted molar refractivity (Wildman–Crippen MR) is 75.5 cm³/mol. The highest BCUT2D eigenvalue weighted by Crippen LogP contribution is 2.27. The first-order chi connectivity index (χ1) is 9.36. The molecule has 0 aliphatic heterocycles. The molecule has 0 aromatic heterocycles. The van der Waals surface area contributed by atoms with E-state index >= 15 is 0 Å². The third-order valence-electron chi connectivity index (χ3n) is 3.30. The SMILES string of the molecule is C[C@@H](NC(=O)NCC1CC1)c1ccc(S(N)(=O)=O)cc1. The molecule has 0 saturated heterocycles. The highest BCUT2D eigenvalue weighted by molar-refractivity contribution is 7.89. The van der Waals surface area contributed by atoms with Gasteiger partial charge in [0.05, 0.1) is 10.9 Å². The minimum absolute atomic E-state index is 0.0617. The van der Waals surface area contributed by atoms with E-state index in [0.29, 0.717) is 12.5 Å². The van der Waals surface area contributed by atoms with Crippen molar-refractivity contribution >= 4 is 16.1 Å². The summed E-state index contributed by atoms with van der Waals surface area (Å²) in [6, 6.07) is 5.75. The van der Waals surface area contributed by atoms with Gasteiger partial charge in [0.1, 0.15) is 0 Å². The summed E-state index contributed by atoms with van der Waals surface area (Å²) in [5.74, 6) is 0.630. The quantitative estimate of drug-likeness (QED) is 0.758. The summed E-state index contributed by atoms with van der Waals surface area (Å²) in [4.78, 5) is 11.7. The van der Waals surface area contributed by atoms with Crippen LogP contribution in [0.3, 0.4) is 0 Å². The van der Waals surface area contributed by atoms with Crippen molar-refractivity contribution in [2.24, 2.45) is 11.1 Å². The van der Waals surface area contributed by atoms with Crippen LogP contribution in [0.15, 0.2) is 29.2 Å². The zero-order valence-corrected chi connectivity index (χ0v) is 12.1. The molecule has 6 nitrogen and oxygen atoms in total. The smallest absolute Gasteiger partial charge is 0.315 e. The van der Waals surface area contributed by atoms with Crippen molar-refractivity contribution < 1.29 is 13.2 Å². The van der Waals surface area contributed by atoms with E-state index in [1.807, 2.05) is 6.92 Å². The van der Waals surface area contributed by atoms with Crippen molar-refractivity contribution in [3.8, 4) is 0 Å². The van der Waals surface area contributed by atoms with E-state index in [2.05, 4.69) is 10.6 Å². The molecule has 110 valence electrons. The zero-order chi connectivity index (χ0) is 14.8. The lowest BCUT2D eigenvalue weighted by Crippen LogP contribution is -2.38. The summed E-state index contributed by atoms with van der Waals surface area (Å²) in [7, 11) is -3.68. The monoisotopic (exact) mass is 297 g/mol. The molecule has 2 amide bonds. The first kappa shape index (κ1) is 14.8. The molecule has 1 fully saturated rings. The standard InChI is InChI=1S/C13H19N3O3S/c1-9(16-13(17)15-8-10-2-3-10)11-4-6-12(7-5-11)20(14,18)19/h4-7,9-10H,2-3,8H2,1H3,(H2,14,18,19)(H2,15,16,17)/t9-/m1/s1. The van der Waals surface area contributed by atoms with Crippen LogP contribution in [0.5, 0.6) is 0 Å². The molecule has 0 heterocycles. The van der Waals surface area contributed by atoms with E-state index in [-0.39, 0.29) is 17.0 Å². The van der Waals surface area contributed by atoms with Gasteiger partial charge in [-0.05, 0) is 43.4 Å². The maximum absolute atomic E-state index is 11.6. The molecule has 7 heteroatoms. The number of primary sulfonamides is 1. The number of nitrogens with two attached hydrogens (primary N) is 1. The van der Waals surface area contributed by atoms with Gasteiger partial charge >= 0.3 is 6.03 Å². The number of amides is 2. The van der Waals surface area contributed by atoms with Gasteiger partial charge in [-0.15, -0.1) is 0 Å². The Morgan fingerprint density at radius 3 is 2.45 bits per heavy atom. The van der Waals surface area contributed by atoms with E-state index in [0.717, 1.165) is 5.56 Å². The first-order valence-corrected chi connectivity index (χ1v) is 8.08. The number of urea groups is 1. The summed E-state index contributed by atoms with van der Waals surface area (Å²) >= 11 is 0. The average molecular weight is 297 g/mol. The van der Waals surface area contributed by atoms with Gasteiger partial charge < -0.3 is 10.6 Å². The Kier molecular flexibility index (Phi) is 4.29. The number of hydrogen-bond acceptors (Lipinski definition) is 3. The van der Waals surface area contributed by atoms with Crippen LogP contribution < -0.4 is 15.8 Å². The lowest BCUT2D eigenvalue weighted by Gasteiger charge is -2.15. The van der Waals surface area contributed by atoms with Crippen LogP contribution in [0.1, 0.15) is 31.4 Å². The van der Waals surface area contributed by atoms with Gasteiger partial charge in [-0.1, -0.05) is 12.1 Å². The van der Waals surface area contributed by atoms with Crippen molar-refractivity contribution in [1.82, 2.24) is 10.6 Å². The van der Waals surface area contributed by atoms with Crippen molar-refractivity contribution in [2.75, 3.05) is 6.54 Å². The van der Waals surface area contributed by atoms with Crippen molar-refractivity contribution in [1.29, 1.82) is 0 Å². The van der Waals surface area contributed by atoms with E-state index in [1.54, 1.807) is 12.1 Å². The molecule has 0 spiro atoms. The van der Waals surface area contributed by atoms with Crippen molar-refractivity contribution in [2.45, 2.75) is 30.7 Å². The molecule has 20 heavy (non-hydrogen) atoms. The number of carbonyl (C=O) groups excluding carboxylic acids is 1. The number of sulfonamides is 1. The minimum atomic E-state index is -3.68. The molecular formula is C13H19N3O3S. The van der Waals surface area contributed by atoms with Crippen LogP contribution in [-0.4, -0.2) is 21.0 Å². The third-order valence-corrected chi connectivity index (χ3v) is 4.23. The number of rotatable bonds is 5. The topological polar surface area (TPSA) is 101 Å². The molecule has 0 radical (unpaired) electrons. The maximum Gasteiger partial charge on any atom is 0.315 e. The van der Waals surface area contributed by atoms with Crippen LogP contribution in [0.2, 0.25) is 0 Å². The van der Waals surface area contributed by atoms with E-state index in [1.165, 1.54) is 25.0 Å². The molecule has 1 atom stereocenters. The molecule has 1 aliphatic rings. The van der Waals surface area contributed by atoms with Gasteiger partial charge in [0.2, 0.25) is 10.0 Å². The Balaban J connectivity index is 1.91. The van der Waals surface area contributed by atoms with Crippen molar-refractivity contribution in [3.63, 3.8) is 0 Å². The average Bonchev–Trinajstić information content (AvgIpc) is 3.19. The number of benzene rings is 1. The molecule has 1 saturated carbocycles. The summed E-state index contributed by atoms with van der Waals surface area (Å²) in [6.07, 6.45) is 2.37. The van der Waals surface area contributed by atoms with Gasteiger partial charge in [0.25, 0.3) is 0 Å². The summed E-state index contributed by atoms with van der Waals surface area (Å²) in [5.41, 5.74) is 0.818. The van der Waals surface area contributed by atoms with Crippen LogP contribution >= 0.6 is 0 Å². The van der Waals surface area contributed by atoms with Crippen molar-refractivity contribution in [3.05, 3.63) is 29.8 Å². The van der Waals surface area contributed by atoms with Crippen LogP contribution in [0.25, 0.3) is 0 Å². The van der Waals surface area contributed by atoms with E-state index in [4.69, 9.17) is 5.14 Å². The molecule has 1 aliphatic carbocycles. The second-order valence-electron chi connectivity index (χ2n) is 5.13. The number of nitrogens with one attached hydrogen (secondary N) is 2. The van der Waals surface area contributed by atoms with E-state index < -0.39 is 10.0 Å². The molecule has 2 rings (SSSR count). The van der Waals surface area contributed by atoms with Gasteiger partial charge in [-0.2, -0.15) is 0 Å². The highest BCUT2D eigenvalue weighted by atomic mass is 32.2. The normalized spacial score (nSPS) is 16.5. The number of hydrogen-bond donors (Lipinski definition) is 3. The molecule has 1 aromatic rings. The Bertz CT molecular complexity index is 579. The fourth-order valence-electron chi connectivity index (χ4n) is 1.84. The zero-order valence-electron chi connectivity index (χ0n) is 11.3. The van der Waals surface area contributed by atoms with Crippen LogP contribution in [0.4, 0.5) is 4.79 Å². The van der Waals surface area contributed by atoms with Gasteiger partial charge in [0.15, 0.2) is 0 Å². The predicted octanol–water partition coefficient (Wildman–Crippen LogP) is 1.10. The molecule has 1 aromatic carbocycles. The molecule has 0 bridgehead atoms. The largest absolute Gasteiger partial charge is 0.338 e. The Morgan fingerprint density at radius 1 is 1.35 bits per heavy atom. The van der Waals surface area contributed by atoms with E-state index in [9.17, 15) is 13.2 Å². The van der Waals surface area contributed by atoms with Gasteiger partial charge in [-0.25, -0.2) is 18.4 Å². The van der Waals surface area contributed by atoms with Gasteiger partial charge in [0, 0.05) is 6.54 Å². The summed E-state index contributed by atoms with van der Waals surface area (Å²) in [6.45, 7) is 2.55. The molecule has 0 unspecified atom stereocenters. The second kappa shape index (κ2) is 5.80. The first-order valence-electron chi connectivity index (χ1n) is 6.53. The Morgan fingerprint density at radius 2 is 1.95 bits per heavy atom. The van der Waals surface area contributed by atoms with Crippen LogP contribution in [-0.2, 0) is 10.0 Å². The lowest BCUT2D eigenvalue weighted by atomic mass is 10.1. The summed E-state index contributed by atoms with van der Waals surface area (Å²) in [5, 5.41) is 10.7. The Labute approximate surface area is 118 Å². The second-order valence-corrected chi connectivity index (χ2v) is 6.69. The van der Waals surface area contributed by atoms with Crippen LogP contribution in [0, 0.1) is 5.92 Å². The summed E-state index contributed by atoms with van der Waals surface area (Å²) < 4.78 is 22.3. The minimum Gasteiger partial charge on any atom is -0.338 e. The fraction of sp³-hybridized carbons (Fsp3) is 0.462. The maximum atomic E-state index is 11.6. The highest BCUT2D eigenvalue weighted by Gasteiger charge is 2.21. The lowest BCUT2D eigenvalue weighted by molar-refractivity contribution is 0.237. The van der Waals surface area contributed by atoms with Gasteiger partial charge in [-0.3, -0.25) is 0 Å². The Hall–Kier alpha value is -1.60. The third kappa shape index (κ3) is 4.21. The molecular weight excluding hydrogens is 278 g/mol. The molecule has 4 N–H and O–H groups in total. The number of carbonyl (C=O) groups is 1. The fourth-order valence-corrected chi connectivity index (χ4v) is 2.35.